The van der Waals surface area contributed by atoms with Crippen LogP contribution in [0, 0.1) is 0 Å². The van der Waals surface area contributed by atoms with E-state index in [0.717, 1.165) is 16.8 Å². The number of aromatic nitrogens is 3. The summed E-state index contributed by atoms with van der Waals surface area (Å²) in [5.74, 6) is 0.562. The molecule has 0 saturated heterocycles. The van der Waals surface area contributed by atoms with Gasteiger partial charge in [-0.3, -0.25) is 4.79 Å². The van der Waals surface area contributed by atoms with E-state index in [9.17, 15) is 4.79 Å². The van der Waals surface area contributed by atoms with E-state index in [4.69, 9.17) is 10.7 Å². The van der Waals surface area contributed by atoms with Crippen molar-refractivity contribution in [1.82, 2.24) is 14.5 Å². The van der Waals surface area contributed by atoms with Crippen molar-refractivity contribution in [2.45, 2.75) is 32.9 Å². The molecule has 0 bridgehead atoms. The molecule has 25 heavy (non-hydrogen) atoms. The molecular weight excluding hydrogens is 314 g/mol. The molecular formula is C19H23N5O. The Morgan fingerprint density at radius 2 is 1.84 bits per heavy atom. The van der Waals surface area contributed by atoms with E-state index in [-0.39, 0.29) is 17.6 Å². The molecule has 6 nitrogen and oxygen atoms in total. The van der Waals surface area contributed by atoms with Crippen molar-refractivity contribution in [2.24, 2.45) is 12.8 Å². The van der Waals surface area contributed by atoms with Gasteiger partial charge in [0.2, 0.25) is 0 Å². The summed E-state index contributed by atoms with van der Waals surface area (Å²) in [6, 6.07) is 9.97. The molecule has 0 saturated carbocycles. The van der Waals surface area contributed by atoms with Gasteiger partial charge < -0.3 is 15.6 Å². The van der Waals surface area contributed by atoms with Crippen molar-refractivity contribution in [3.05, 3.63) is 52.6 Å². The summed E-state index contributed by atoms with van der Waals surface area (Å²) in [6.45, 7) is 5.98. The number of nitrogens with two attached hydrogens (primary N) is 1. The van der Waals surface area contributed by atoms with Crippen molar-refractivity contribution in [2.75, 3.05) is 5.32 Å². The first-order valence-electron chi connectivity index (χ1n) is 8.35. The van der Waals surface area contributed by atoms with Gasteiger partial charge in [-0.2, -0.15) is 0 Å². The Morgan fingerprint density at radius 1 is 1.16 bits per heavy atom. The second-order valence-electron chi connectivity index (χ2n) is 6.62. The topological polar surface area (TPSA) is 85.8 Å². The summed E-state index contributed by atoms with van der Waals surface area (Å²) in [5, 5.41) is 3.78. The maximum Gasteiger partial charge on any atom is 0.264 e. The quantitative estimate of drug-likeness (QED) is 0.764. The fourth-order valence-electron chi connectivity index (χ4n) is 2.71. The highest BCUT2D eigenvalue weighted by atomic mass is 16.1. The smallest absolute Gasteiger partial charge is 0.264 e. The molecule has 3 aromatic rings. The van der Waals surface area contributed by atoms with E-state index in [1.807, 2.05) is 51.1 Å². The van der Waals surface area contributed by atoms with Gasteiger partial charge in [0.1, 0.15) is 11.2 Å². The molecule has 0 spiro atoms. The Bertz CT molecular complexity index is 958. The number of aryl methyl sites for hydroxylation is 1. The zero-order valence-corrected chi connectivity index (χ0v) is 14.9. The molecule has 6 heteroatoms. The third kappa shape index (κ3) is 3.39. The fraction of sp³-hybridized carbons (Fsp3) is 0.316. The van der Waals surface area contributed by atoms with Crippen LogP contribution in [-0.2, 0) is 7.05 Å². The summed E-state index contributed by atoms with van der Waals surface area (Å²) in [4.78, 5) is 21.6. The minimum Gasteiger partial charge on any atom is -0.367 e. The fourth-order valence-corrected chi connectivity index (χ4v) is 2.71. The molecule has 0 aliphatic carbocycles. The predicted molar refractivity (Wildman–Crippen MR) is 102 cm³/mol. The number of fused-ring (bicyclic) bond motifs is 1. The molecule has 1 atom stereocenters. The molecule has 2 heterocycles. The summed E-state index contributed by atoms with van der Waals surface area (Å²) in [6.07, 6.45) is 1.53. The van der Waals surface area contributed by atoms with Gasteiger partial charge in [-0.05, 0) is 32.4 Å². The maximum absolute atomic E-state index is 12.5. The summed E-state index contributed by atoms with van der Waals surface area (Å²) >= 11 is 0. The molecule has 0 unspecified atom stereocenters. The highest BCUT2D eigenvalue weighted by Gasteiger charge is 2.14. The van der Waals surface area contributed by atoms with Gasteiger partial charge in [0.25, 0.3) is 5.56 Å². The third-order valence-corrected chi connectivity index (χ3v) is 4.06. The van der Waals surface area contributed by atoms with Crippen LogP contribution in [0.1, 0.15) is 32.4 Å². The number of benzene rings is 1. The Balaban J connectivity index is 2.19. The van der Waals surface area contributed by atoms with Crippen LogP contribution in [0.2, 0.25) is 0 Å². The summed E-state index contributed by atoms with van der Waals surface area (Å²) in [7, 11) is 1.69. The van der Waals surface area contributed by atoms with Gasteiger partial charge in [-0.1, -0.05) is 24.3 Å². The number of anilines is 1. The predicted octanol–water partition coefficient (Wildman–Crippen LogP) is 2.84. The van der Waals surface area contributed by atoms with Crippen LogP contribution in [0.5, 0.6) is 0 Å². The Labute approximate surface area is 146 Å². The molecule has 2 aromatic heterocycles. The molecule has 0 fully saturated rings. The summed E-state index contributed by atoms with van der Waals surface area (Å²) < 4.78 is 1.46. The van der Waals surface area contributed by atoms with Crippen molar-refractivity contribution in [3.8, 4) is 11.3 Å². The first-order chi connectivity index (χ1) is 11.9. The Hall–Kier alpha value is -2.73. The van der Waals surface area contributed by atoms with Crippen LogP contribution in [0.25, 0.3) is 22.2 Å². The molecule has 0 radical (unpaired) electrons. The zero-order valence-electron chi connectivity index (χ0n) is 14.9. The number of rotatable bonds is 4. The lowest BCUT2D eigenvalue weighted by molar-refractivity contribution is 0.818. The molecule has 3 N–H and O–H groups in total. The SMILES string of the molecule is CC(C)Nc1nc(-c2ccc([C@H](C)N)cc2)cc2ncn(C)c(=O)c12. The van der Waals surface area contributed by atoms with Gasteiger partial charge in [-0.15, -0.1) is 0 Å². The van der Waals surface area contributed by atoms with Crippen LogP contribution >= 0.6 is 0 Å². The van der Waals surface area contributed by atoms with E-state index in [1.165, 1.54) is 10.9 Å². The van der Waals surface area contributed by atoms with Gasteiger partial charge in [0.05, 0.1) is 17.5 Å². The van der Waals surface area contributed by atoms with E-state index >= 15 is 0 Å². The minimum absolute atomic E-state index is 0.0125. The highest BCUT2D eigenvalue weighted by molar-refractivity contribution is 5.91. The van der Waals surface area contributed by atoms with Crippen LogP contribution < -0.4 is 16.6 Å². The minimum atomic E-state index is -0.112. The lowest BCUT2D eigenvalue weighted by Crippen LogP contribution is -2.21. The van der Waals surface area contributed by atoms with Crippen LogP contribution in [0.4, 0.5) is 5.82 Å². The van der Waals surface area contributed by atoms with Gasteiger partial charge in [0, 0.05) is 24.7 Å². The first kappa shape index (κ1) is 17.1. The van der Waals surface area contributed by atoms with E-state index in [1.54, 1.807) is 7.05 Å². The molecule has 0 aliphatic rings. The van der Waals surface area contributed by atoms with Crippen molar-refractivity contribution in [1.29, 1.82) is 0 Å². The van der Waals surface area contributed by atoms with Crippen LogP contribution in [0.15, 0.2) is 41.5 Å². The molecule has 1 aromatic carbocycles. The second kappa shape index (κ2) is 6.64. The number of nitrogens with zero attached hydrogens (tertiary/aromatic N) is 3. The largest absolute Gasteiger partial charge is 0.367 e. The Morgan fingerprint density at radius 3 is 2.44 bits per heavy atom. The van der Waals surface area contributed by atoms with Crippen molar-refractivity contribution < 1.29 is 0 Å². The molecule has 0 amide bonds. The standard InChI is InChI=1S/C19H23N5O/c1-11(2)22-18-17-16(21-10-24(4)19(17)25)9-15(23-18)14-7-5-13(6-8-14)12(3)20/h5-12H,20H2,1-4H3,(H,22,23)/t12-/m0/s1. The van der Waals surface area contributed by atoms with E-state index in [2.05, 4.69) is 10.3 Å². The van der Waals surface area contributed by atoms with Crippen LogP contribution in [-0.4, -0.2) is 20.6 Å². The second-order valence-corrected chi connectivity index (χ2v) is 6.62. The number of nitrogens with one attached hydrogen (secondary N) is 1. The zero-order chi connectivity index (χ0) is 18.1. The molecule has 0 aliphatic heterocycles. The van der Waals surface area contributed by atoms with E-state index < -0.39 is 0 Å². The van der Waals surface area contributed by atoms with E-state index in [0.29, 0.717) is 16.7 Å². The maximum atomic E-state index is 12.5. The van der Waals surface area contributed by atoms with Crippen molar-refractivity contribution >= 4 is 16.7 Å². The summed E-state index contributed by atoms with van der Waals surface area (Å²) in [5.41, 5.74) is 9.23. The first-order valence-corrected chi connectivity index (χ1v) is 8.35. The number of pyridine rings is 1. The average Bonchev–Trinajstić information content (AvgIpc) is 2.57. The molecule has 3 rings (SSSR count). The lowest BCUT2D eigenvalue weighted by Gasteiger charge is -2.14. The van der Waals surface area contributed by atoms with Crippen molar-refractivity contribution in [3.63, 3.8) is 0 Å². The number of hydrogen-bond acceptors (Lipinski definition) is 5. The van der Waals surface area contributed by atoms with Gasteiger partial charge in [0.15, 0.2) is 0 Å². The molecule has 130 valence electrons. The Kier molecular flexibility index (Phi) is 4.55. The third-order valence-electron chi connectivity index (χ3n) is 4.06. The average molecular weight is 337 g/mol. The van der Waals surface area contributed by atoms with Gasteiger partial charge in [-0.25, -0.2) is 9.97 Å². The lowest BCUT2D eigenvalue weighted by atomic mass is 10.0. The normalized spacial score (nSPS) is 12.6. The number of hydrogen-bond donors (Lipinski definition) is 2. The highest BCUT2D eigenvalue weighted by Crippen LogP contribution is 2.26. The van der Waals surface area contributed by atoms with Gasteiger partial charge >= 0.3 is 0 Å². The monoisotopic (exact) mass is 337 g/mol. The van der Waals surface area contributed by atoms with Crippen LogP contribution in [0.3, 0.4) is 0 Å².